The average molecular weight is 303 g/mol. The van der Waals surface area contributed by atoms with Crippen molar-refractivity contribution < 1.29 is 13.2 Å². The third-order valence-electron chi connectivity index (χ3n) is 3.46. The summed E-state index contributed by atoms with van der Waals surface area (Å²) >= 11 is 1.50. The van der Waals surface area contributed by atoms with Crippen molar-refractivity contribution in [2.24, 2.45) is 0 Å². The van der Waals surface area contributed by atoms with E-state index in [-0.39, 0.29) is 0 Å². The minimum Gasteiger partial charge on any atom is -0.310 e. The second-order valence-corrected chi connectivity index (χ2v) is 6.82. The molecule has 5 heteroatoms. The summed E-state index contributed by atoms with van der Waals surface area (Å²) in [7, 11) is 0. The van der Waals surface area contributed by atoms with Crippen molar-refractivity contribution in [2.45, 2.75) is 62.0 Å². The Balaban J connectivity index is 2.17. The van der Waals surface area contributed by atoms with Gasteiger partial charge in [-0.05, 0) is 37.0 Å². The third-order valence-corrected chi connectivity index (χ3v) is 4.72. The largest absolute Gasteiger partial charge is 0.416 e. The van der Waals surface area contributed by atoms with Crippen LogP contribution in [0.5, 0.6) is 0 Å². The minimum atomic E-state index is -4.29. The molecule has 0 aliphatic heterocycles. The van der Waals surface area contributed by atoms with Crippen LogP contribution in [0.1, 0.15) is 44.2 Å². The molecule has 0 aromatic heterocycles. The van der Waals surface area contributed by atoms with Crippen LogP contribution in [-0.2, 0) is 12.7 Å². The topological polar surface area (TPSA) is 12.0 Å². The molecule has 0 spiro atoms. The number of hydrogen-bond acceptors (Lipinski definition) is 2. The zero-order valence-corrected chi connectivity index (χ0v) is 12.6. The lowest BCUT2D eigenvalue weighted by Crippen LogP contribution is -2.19. The standard InChI is InChI=1S/C15H20F3NS/c1-3-10(2)20-13-7-4-11(9-19-12-5-6-12)14(8-13)15(16,17)18/h4,7-8,10,12,19H,3,5-6,9H2,1-2H3. The first-order valence-electron chi connectivity index (χ1n) is 7.00. The SMILES string of the molecule is CCC(C)Sc1ccc(CNC2CC2)c(C(F)(F)F)c1. The zero-order valence-electron chi connectivity index (χ0n) is 11.8. The van der Waals surface area contributed by atoms with Gasteiger partial charge in [0.25, 0.3) is 0 Å². The molecule has 112 valence electrons. The highest BCUT2D eigenvalue weighted by Gasteiger charge is 2.34. The first kappa shape index (κ1) is 15.7. The van der Waals surface area contributed by atoms with Gasteiger partial charge in [-0.25, -0.2) is 0 Å². The van der Waals surface area contributed by atoms with Crippen LogP contribution >= 0.6 is 11.8 Å². The molecule has 0 heterocycles. The summed E-state index contributed by atoms with van der Waals surface area (Å²) < 4.78 is 39.5. The van der Waals surface area contributed by atoms with Crippen molar-refractivity contribution in [1.29, 1.82) is 0 Å². The summed E-state index contributed by atoms with van der Waals surface area (Å²) in [5.41, 5.74) is -0.156. The predicted molar refractivity (Wildman–Crippen MR) is 76.9 cm³/mol. The van der Waals surface area contributed by atoms with Gasteiger partial charge in [0, 0.05) is 22.7 Å². The van der Waals surface area contributed by atoms with E-state index in [1.54, 1.807) is 12.1 Å². The normalized spacial score (nSPS) is 17.2. The Bertz CT molecular complexity index is 455. The molecule has 1 aromatic carbocycles. The number of thioether (sulfide) groups is 1. The molecule has 0 saturated heterocycles. The van der Waals surface area contributed by atoms with E-state index >= 15 is 0 Å². The van der Waals surface area contributed by atoms with E-state index in [4.69, 9.17) is 0 Å². The molecule has 1 nitrogen and oxygen atoms in total. The van der Waals surface area contributed by atoms with Crippen molar-refractivity contribution in [3.63, 3.8) is 0 Å². The minimum absolute atomic E-state index is 0.299. The Morgan fingerprint density at radius 3 is 2.60 bits per heavy atom. The molecule has 1 unspecified atom stereocenters. The molecule has 1 aromatic rings. The van der Waals surface area contributed by atoms with Crippen LogP contribution < -0.4 is 5.32 Å². The van der Waals surface area contributed by atoms with Gasteiger partial charge in [0.15, 0.2) is 0 Å². The van der Waals surface area contributed by atoms with Crippen LogP contribution in [0.2, 0.25) is 0 Å². The van der Waals surface area contributed by atoms with E-state index in [0.29, 0.717) is 28.3 Å². The van der Waals surface area contributed by atoms with Crippen LogP contribution in [0.25, 0.3) is 0 Å². The van der Waals surface area contributed by atoms with Gasteiger partial charge in [-0.3, -0.25) is 0 Å². The van der Waals surface area contributed by atoms with Crippen LogP contribution in [0, 0.1) is 0 Å². The number of benzene rings is 1. The van der Waals surface area contributed by atoms with Gasteiger partial charge in [-0.1, -0.05) is 19.9 Å². The fourth-order valence-electron chi connectivity index (χ4n) is 1.90. The van der Waals surface area contributed by atoms with Crippen molar-refractivity contribution in [3.05, 3.63) is 29.3 Å². The number of halogens is 3. The van der Waals surface area contributed by atoms with Crippen LogP contribution in [0.4, 0.5) is 13.2 Å². The maximum Gasteiger partial charge on any atom is 0.416 e. The van der Waals surface area contributed by atoms with Gasteiger partial charge in [0.1, 0.15) is 0 Å². The Hall–Kier alpha value is -0.680. The molecule has 1 fully saturated rings. The third kappa shape index (κ3) is 4.42. The first-order chi connectivity index (χ1) is 9.40. The molecule has 20 heavy (non-hydrogen) atoms. The lowest BCUT2D eigenvalue weighted by atomic mass is 10.1. The summed E-state index contributed by atoms with van der Waals surface area (Å²) in [6.45, 7) is 4.37. The smallest absolute Gasteiger partial charge is 0.310 e. The highest BCUT2D eigenvalue weighted by atomic mass is 32.2. The van der Waals surface area contributed by atoms with E-state index in [0.717, 1.165) is 19.3 Å². The molecule has 2 rings (SSSR count). The highest BCUT2D eigenvalue weighted by molar-refractivity contribution is 7.99. The Kier molecular flexibility index (Phi) is 5.02. The first-order valence-corrected chi connectivity index (χ1v) is 7.88. The van der Waals surface area contributed by atoms with E-state index in [2.05, 4.69) is 5.32 Å². The number of nitrogens with one attached hydrogen (secondary N) is 1. The van der Waals surface area contributed by atoms with Crippen molar-refractivity contribution >= 4 is 11.8 Å². The van der Waals surface area contributed by atoms with Gasteiger partial charge in [-0.2, -0.15) is 13.2 Å². The lowest BCUT2D eigenvalue weighted by molar-refractivity contribution is -0.138. The van der Waals surface area contributed by atoms with Crippen LogP contribution in [0.3, 0.4) is 0 Å². The highest BCUT2D eigenvalue weighted by Crippen LogP contribution is 2.36. The Morgan fingerprint density at radius 1 is 1.35 bits per heavy atom. The zero-order chi connectivity index (χ0) is 14.8. The fraction of sp³-hybridized carbons (Fsp3) is 0.600. The molecule has 1 saturated carbocycles. The summed E-state index contributed by atoms with van der Waals surface area (Å²) in [4.78, 5) is 0.696. The number of hydrogen-bond donors (Lipinski definition) is 1. The van der Waals surface area contributed by atoms with Crippen LogP contribution in [0.15, 0.2) is 23.1 Å². The van der Waals surface area contributed by atoms with Crippen LogP contribution in [-0.4, -0.2) is 11.3 Å². The van der Waals surface area contributed by atoms with Gasteiger partial charge in [-0.15, -0.1) is 11.8 Å². The number of alkyl halides is 3. The molecular formula is C15H20F3NS. The maximum absolute atomic E-state index is 13.2. The second-order valence-electron chi connectivity index (χ2n) is 5.31. The van der Waals surface area contributed by atoms with E-state index in [9.17, 15) is 13.2 Å². The van der Waals surface area contributed by atoms with Gasteiger partial charge >= 0.3 is 6.18 Å². The predicted octanol–water partition coefficient (Wildman–Crippen LogP) is 4.85. The summed E-state index contributed by atoms with van der Waals surface area (Å²) in [6, 6.07) is 5.12. The molecule has 0 bridgehead atoms. The molecular weight excluding hydrogens is 283 g/mol. The second kappa shape index (κ2) is 6.39. The number of rotatable bonds is 6. The lowest BCUT2D eigenvalue weighted by Gasteiger charge is -2.16. The van der Waals surface area contributed by atoms with Gasteiger partial charge < -0.3 is 5.32 Å². The monoisotopic (exact) mass is 303 g/mol. The quantitative estimate of drug-likeness (QED) is 0.754. The van der Waals surface area contributed by atoms with E-state index in [1.165, 1.54) is 17.8 Å². The molecule has 1 aliphatic rings. The maximum atomic E-state index is 13.2. The Morgan fingerprint density at radius 2 is 2.05 bits per heavy atom. The van der Waals surface area contributed by atoms with E-state index < -0.39 is 11.7 Å². The molecule has 1 atom stereocenters. The van der Waals surface area contributed by atoms with Gasteiger partial charge in [0.2, 0.25) is 0 Å². The van der Waals surface area contributed by atoms with Crippen molar-refractivity contribution in [1.82, 2.24) is 5.32 Å². The van der Waals surface area contributed by atoms with Crippen molar-refractivity contribution in [2.75, 3.05) is 0 Å². The molecule has 0 amide bonds. The summed E-state index contributed by atoms with van der Waals surface area (Å²) in [5.74, 6) is 0. The molecule has 1 N–H and O–H groups in total. The fourth-order valence-corrected chi connectivity index (χ4v) is 2.87. The average Bonchev–Trinajstić information content (AvgIpc) is 3.20. The Labute approximate surface area is 122 Å². The van der Waals surface area contributed by atoms with Gasteiger partial charge in [0.05, 0.1) is 5.56 Å². The summed E-state index contributed by atoms with van der Waals surface area (Å²) in [6.07, 6.45) is -1.20. The molecule has 1 aliphatic carbocycles. The summed E-state index contributed by atoms with van der Waals surface area (Å²) in [5, 5.41) is 3.48. The van der Waals surface area contributed by atoms with Crippen molar-refractivity contribution in [3.8, 4) is 0 Å². The molecule has 0 radical (unpaired) electrons. The van der Waals surface area contributed by atoms with E-state index in [1.807, 2.05) is 13.8 Å².